The third-order valence-electron chi connectivity index (χ3n) is 3.14. The van der Waals surface area contributed by atoms with E-state index in [-0.39, 0.29) is 10.7 Å². The van der Waals surface area contributed by atoms with Crippen molar-refractivity contribution in [3.05, 3.63) is 0 Å². The second-order valence-corrected chi connectivity index (χ2v) is 7.28. The van der Waals surface area contributed by atoms with Crippen molar-refractivity contribution in [2.24, 2.45) is 0 Å². The van der Waals surface area contributed by atoms with E-state index in [2.05, 4.69) is 64.9 Å². The molecule has 0 spiro atoms. The molecule has 0 aliphatic rings. The smallest absolute Gasteiger partial charge is 0.0223 e. The number of hydrogen-bond acceptors (Lipinski definition) is 1. The Labute approximate surface area is 94.8 Å². The lowest BCUT2D eigenvalue weighted by molar-refractivity contribution is 0.123. The Morgan fingerprint density at radius 2 is 1.43 bits per heavy atom. The van der Waals surface area contributed by atoms with E-state index in [0.29, 0.717) is 5.66 Å². The zero-order valence-electron chi connectivity index (χ0n) is 10.6. The third-order valence-corrected chi connectivity index (χ3v) is 5.56. The summed E-state index contributed by atoms with van der Waals surface area (Å²) in [6.07, 6.45) is 0. The quantitative estimate of drug-likeness (QED) is 0.662. The van der Waals surface area contributed by atoms with Crippen molar-refractivity contribution in [3.63, 3.8) is 0 Å². The summed E-state index contributed by atoms with van der Waals surface area (Å²) in [6, 6.07) is 0. The SMILES string of the molecule is CCN(CC)C(C)(C)C(P)C(C)(C)P. The first-order valence-corrected chi connectivity index (χ1v) is 6.71. The first-order chi connectivity index (χ1) is 6.17. The molecule has 0 radical (unpaired) electrons. The molecule has 0 aliphatic carbocycles. The molecule has 1 nitrogen and oxygen atoms in total. The van der Waals surface area contributed by atoms with Gasteiger partial charge in [0.15, 0.2) is 0 Å². The van der Waals surface area contributed by atoms with Crippen LogP contribution in [0.2, 0.25) is 0 Å². The van der Waals surface area contributed by atoms with Crippen LogP contribution in [0.3, 0.4) is 0 Å². The van der Waals surface area contributed by atoms with Crippen molar-refractivity contribution in [1.82, 2.24) is 4.90 Å². The molecule has 0 aliphatic heterocycles. The van der Waals surface area contributed by atoms with Crippen LogP contribution in [0.25, 0.3) is 0 Å². The second-order valence-electron chi connectivity index (χ2n) is 5.12. The molecule has 0 saturated heterocycles. The van der Waals surface area contributed by atoms with E-state index in [0.717, 1.165) is 13.1 Å². The minimum Gasteiger partial charge on any atom is -0.298 e. The maximum Gasteiger partial charge on any atom is 0.0223 e. The average molecular weight is 235 g/mol. The monoisotopic (exact) mass is 235 g/mol. The molecular formula is C11H27NP2. The summed E-state index contributed by atoms with van der Waals surface area (Å²) >= 11 is 0. The van der Waals surface area contributed by atoms with Crippen molar-refractivity contribution in [1.29, 1.82) is 0 Å². The highest BCUT2D eigenvalue weighted by molar-refractivity contribution is 7.24. The summed E-state index contributed by atoms with van der Waals surface area (Å²) in [7, 11) is 5.97. The predicted octanol–water partition coefficient (Wildman–Crippen LogP) is 3.00. The van der Waals surface area contributed by atoms with Gasteiger partial charge in [0.2, 0.25) is 0 Å². The number of hydrogen-bond donors (Lipinski definition) is 0. The molecular weight excluding hydrogens is 208 g/mol. The van der Waals surface area contributed by atoms with Gasteiger partial charge in [0.05, 0.1) is 0 Å². The minimum atomic E-state index is 0.236. The van der Waals surface area contributed by atoms with Crippen molar-refractivity contribution < 1.29 is 0 Å². The van der Waals surface area contributed by atoms with Gasteiger partial charge in [-0.15, -0.1) is 18.5 Å². The topological polar surface area (TPSA) is 3.24 Å². The van der Waals surface area contributed by atoms with Crippen molar-refractivity contribution in [3.8, 4) is 0 Å². The van der Waals surface area contributed by atoms with E-state index in [1.807, 2.05) is 0 Å². The van der Waals surface area contributed by atoms with E-state index in [9.17, 15) is 0 Å². The highest BCUT2D eigenvalue weighted by atomic mass is 31.0. The third kappa shape index (κ3) is 3.44. The van der Waals surface area contributed by atoms with E-state index < -0.39 is 0 Å². The highest BCUT2D eigenvalue weighted by Gasteiger charge is 2.37. The van der Waals surface area contributed by atoms with Crippen LogP contribution >= 0.6 is 18.5 Å². The van der Waals surface area contributed by atoms with Gasteiger partial charge in [-0.25, -0.2) is 0 Å². The Balaban J connectivity index is 4.75. The number of rotatable bonds is 5. The van der Waals surface area contributed by atoms with Crippen LogP contribution in [0.1, 0.15) is 41.5 Å². The first-order valence-electron chi connectivity index (χ1n) is 5.47. The predicted molar refractivity (Wildman–Crippen MR) is 74.3 cm³/mol. The van der Waals surface area contributed by atoms with Crippen LogP contribution in [0.15, 0.2) is 0 Å². The molecule has 0 aromatic carbocycles. The molecule has 3 heteroatoms. The molecule has 0 amide bonds. The van der Waals surface area contributed by atoms with Gasteiger partial charge in [-0.3, -0.25) is 4.90 Å². The maximum absolute atomic E-state index is 3.01. The molecule has 14 heavy (non-hydrogen) atoms. The fraction of sp³-hybridized carbons (Fsp3) is 1.00. The standard InChI is InChI=1S/C11H27NP2/c1-7-12(8-2)10(3,4)9(13)11(5,6)14/h9H,7-8,13-14H2,1-6H3. The zero-order chi connectivity index (χ0) is 11.6. The fourth-order valence-corrected chi connectivity index (χ4v) is 2.76. The molecule has 0 aromatic heterocycles. The molecule has 86 valence electrons. The van der Waals surface area contributed by atoms with Gasteiger partial charge in [0, 0.05) is 11.2 Å². The molecule has 0 saturated carbocycles. The van der Waals surface area contributed by atoms with Crippen molar-refractivity contribution in [2.75, 3.05) is 13.1 Å². The van der Waals surface area contributed by atoms with Gasteiger partial charge >= 0.3 is 0 Å². The van der Waals surface area contributed by atoms with Gasteiger partial charge in [-0.05, 0) is 32.1 Å². The van der Waals surface area contributed by atoms with Gasteiger partial charge in [0.1, 0.15) is 0 Å². The Morgan fingerprint density at radius 3 is 1.64 bits per heavy atom. The van der Waals surface area contributed by atoms with Crippen LogP contribution in [-0.4, -0.2) is 34.3 Å². The van der Waals surface area contributed by atoms with E-state index in [1.165, 1.54) is 0 Å². The summed E-state index contributed by atoms with van der Waals surface area (Å²) in [5.74, 6) is 0. The van der Waals surface area contributed by atoms with E-state index in [1.54, 1.807) is 0 Å². The van der Waals surface area contributed by atoms with Crippen molar-refractivity contribution >= 4 is 18.5 Å². The lowest BCUT2D eigenvalue weighted by atomic mass is 9.89. The van der Waals surface area contributed by atoms with Gasteiger partial charge in [0.25, 0.3) is 0 Å². The summed E-state index contributed by atoms with van der Waals surface area (Å²) in [5, 5.41) is 0.261. The molecule has 3 atom stereocenters. The Bertz CT molecular complexity index is 169. The van der Waals surface area contributed by atoms with Gasteiger partial charge in [-0.2, -0.15) is 0 Å². The van der Waals surface area contributed by atoms with Crippen molar-refractivity contribution in [2.45, 2.75) is 57.9 Å². The Hall–Kier alpha value is 0.820. The lowest BCUT2D eigenvalue weighted by Gasteiger charge is -2.47. The lowest BCUT2D eigenvalue weighted by Crippen LogP contribution is -2.55. The van der Waals surface area contributed by atoms with Crippen LogP contribution in [0.5, 0.6) is 0 Å². The van der Waals surface area contributed by atoms with E-state index >= 15 is 0 Å². The molecule has 0 bridgehead atoms. The highest BCUT2D eigenvalue weighted by Crippen LogP contribution is 2.37. The summed E-state index contributed by atoms with van der Waals surface area (Å²) in [5.41, 5.74) is 0.805. The molecule has 0 fully saturated rings. The first kappa shape index (κ1) is 14.8. The molecule has 0 rings (SSSR count). The second kappa shape index (κ2) is 5.24. The van der Waals surface area contributed by atoms with Crippen LogP contribution < -0.4 is 0 Å². The van der Waals surface area contributed by atoms with Gasteiger partial charge < -0.3 is 0 Å². The maximum atomic E-state index is 3.01. The average Bonchev–Trinajstić information content (AvgIpc) is 2.03. The minimum absolute atomic E-state index is 0.236. The molecule has 0 aromatic rings. The van der Waals surface area contributed by atoms with E-state index in [4.69, 9.17) is 0 Å². The normalized spacial score (nSPS) is 16.1. The molecule has 0 N–H and O–H groups in total. The fourth-order valence-electron chi connectivity index (χ4n) is 2.15. The summed E-state index contributed by atoms with van der Waals surface area (Å²) < 4.78 is 0. The number of nitrogens with zero attached hydrogens (tertiary/aromatic N) is 1. The molecule has 0 heterocycles. The Morgan fingerprint density at radius 1 is 1.07 bits per heavy atom. The van der Waals surface area contributed by atoms with Crippen LogP contribution in [-0.2, 0) is 0 Å². The summed E-state index contributed by atoms with van der Waals surface area (Å²) in [6.45, 7) is 15.9. The molecule has 3 unspecified atom stereocenters. The largest absolute Gasteiger partial charge is 0.298 e. The van der Waals surface area contributed by atoms with Crippen LogP contribution in [0, 0.1) is 0 Å². The Kier molecular flexibility index (Phi) is 5.55. The van der Waals surface area contributed by atoms with Gasteiger partial charge in [-0.1, -0.05) is 27.7 Å². The van der Waals surface area contributed by atoms with Crippen LogP contribution in [0.4, 0.5) is 0 Å². The zero-order valence-corrected chi connectivity index (χ0v) is 12.9. The summed E-state index contributed by atoms with van der Waals surface area (Å²) in [4.78, 5) is 2.52.